The zero-order valence-electron chi connectivity index (χ0n) is 13.7. The van der Waals surface area contributed by atoms with Gasteiger partial charge in [-0.05, 0) is 18.8 Å². The second kappa shape index (κ2) is 6.23. The quantitative estimate of drug-likeness (QED) is 0.781. The molecular formula is C18H23N3O3. The molecule has 0 saturated carbocycles. The number of methoxy groups -OCH3 is 2. The van der Waals surface area contributed by atoms with Crippen molar-refractivity contribution in [1.29, 1.82) is 0 Å². The normalized spacial score (nSPS) is 27.8. The molecule has 1 aromatic rings. The topological polar surface area (TPSA) is 65.7 Å². The average Bonchev–Trinajstić information content (AvgIpc) is 2.57. The van der Waals surface area contributed by atoms with E-state index in [0.717, 1.165) is 24.1 Å². The molecule has 0 bridgehead atoms. The second-order valence-electron chi connectivity index (χ2n) is 6.27. The SMILES string of the molecule is C.[C-]#[N+]C1=C[C@]2(C)c3nc(OC)nc(OC)c3CC[C@H]2[C@H](C)C1=O. The lowest BCUT2D eigenvalue weighted by atomic mass is 9.58. The molecule has 0 fully saturated rings. The first-order chi connectivity index (χ1) is 11.0. The molecule has 6 heteroatoms. The third-order valence-corrected chi connectivity index (χ3v) is 5.14. The van der Waals surface area contributed by atoms with Crippen LogP contribution in [0.5, 0.6) is 11.9 Å². The number of fused-ring (bicyclic) bond motifs is 3. The molecule has 1 heterocycles. The maximum atomic E-state index is 12.3. The largest absolute Gasteiger partial charge is 0.481 e. The molecule has 1 aromatic heterocycles. The molecule has 0 radical (unpaired) electrons. The molecule has 6 nitrogen and oxygen atoms in total. The fraction of sp³-hybridized carbons (Fsp3) is 0.556. The monoisotopic (exact) mass is 329 g/mol. The molecule has 0 aromatic carbocycles. The van der Waals surface area contributed by atoms with Gasteiger partial charge in [0, 0.05) is 16.9 Å². The summed E-state index contributed by atoms with van der Waals surface area (Å²) in [5, 5.41) is 0. The zero-order valence-corrected chi connectivity index (χ0v) is 13.7. The summed E-state index contributed by atoms with van der Waals surface area (Å²) in [5.74, 6) is 0.347. The molecule has 0 saturated heterocycles. The Morgan fingerprint density at radius 2 is 2.04 bits per heavy atom. The Morgan fingerprint density at radius 1 is 1.33 bits per heavy atom. The molecule has 0 aliphatic heterocycles. The first-order valence-corrected chi connectivity index (χ1v) is 7.60. The van der Waals surface area contributed by atoms with Gasteiger partial charge in [0.25, 0.3) is 0 Å². The number of allylic oxidation sites excluding steroid dienone is 2. The van der Waals surface area contributed by atoms with E-state index >= 15 is 0 Å². The molecule has 0 spiro atoms. The summed E-state index contributed by atoms with van der Waals surface area (Å²) in [6.45, 7) is 11.2. The molecule has 0 amide bonds. The van der Waals surface area contributed by atoms with E-state index in [-0.39, 0.29) is 36.8 Å². The highest BCUT2D eigenvalue weighted by Crippen LogP contribution is 2.50. The Balaban J connectivity index is 0.00000208. The average molecular weight is 329 g/mol. The minimum absolute atomic E-state index is 0. The van der Waals surface area contributed by atoms with Crippen molar-refractivity contribution in [3.8, 4) is 11.9 Å². The number of hydrogen-bond acceptors (Lipinski definition) is 5. The third kappa shape index (κ3) is 2.35. The van der Waals surface area contributed by atoms with Gasteiger partial charge in [0.05, 0.1) is 26.5 Å². The predicted octanol–water partition coefficient (Wildman–Crippen LogP) is 2.97. The number of ketones is 1. The van der Waals surface area contributed by atoms with Crippen LogP contribution in [-0.4, -0.2) is 30.0 Å². The first kappa shape index (κ1) is 17.9. The summed E-state index contributed by atoms with van der Waals surface area (Å²) in [7, 11) is 3.08. The van der Waals surface area contributed by atoms with Crippen molar-refractivity contribution in [3.63, 3.8) is 0 Å². The van der Waals surface area contributed by atoms with Gasteiger partial charge in [-0.25, -0.2) is 4.85 Å². The van der Waals surface area contributed by atoms with Crippen LogP contribution in [0.3, 0.4) is 0 Å². The number of ether oxygens (including phenoxy) is 2. The Morgan fingerprint density at radius 3 is 2.62 bits per heavy atom. The van der Waals surface area contributed by atoms with Crippen LogP contribution in [0.25, 0.3) is 4.85 Å². The smallest absolute Gasteiger partial charge is 0.319 e. The van der Waals surface area contributed by atoms with Crippen molar-refractivity contribution in [2.24, 2.45) is 11.8 Å². The number of carbonyl (C=O) groups is 1. The molecule has 0 unspecified atom stereocenters. The van der Waals surface area contributed by atoms with Gasteiger partial charge < -0.3 is 14.3 Å². The zero-order chi connectivity index (χ0) is 16.8. The number of Topliss-reactive ketones (excluding diaryl/α,β-unsaturated/α-hetero) is 1. The van der Waals surface area contributed by atoms with Crippen LogP contribution in [0.2, 0.25) is 0 Å². The van der Waals surface area contributed by atoms with Crippen LogP contribution in [-0.2, 0) is 16.6 Å². The Bertz CT molecular complexity index is 751. The van der Waals surface area contributed by atoms with E-state index in [2.05, 4.69) is 14.8 Å². The molecule has 3 rings (SSSR count). The fourth-order valence-electron chi connectivity index (χ4n) is 3.95. The van der Waals surface area contributed by atoms with Crippen LogP contribution in [0.15, 0.2) is 11.8 Å². The summed E-state index contributed by atoms with van der Waals surface area (Å²) < 4.78 is 10.6. The molecule has 2 aliphatic rings. The highest BCUT2D eigenvalue weighted by Gasteiger charge is 2.49. The van der Waals surface area contributed by atoms with E-state index in [9.17, 15) is 4.79 Å². The summed E-state index contributed by atoms with van der Waals surface area (Å²) in [5.41, 5.74) is 1.44. The third-order valence-electron chi connectivity index (χ3n) is 5.14. The van der Waals surface area contributed by atoms with E-state index in [1.807, 2.05) is 13.8 Å². The van der Waals surface area contributed by atoms with Gasteiger partial charge in [0.1, 0.15) is 0 Å². The van der Waals surface area contributed by atoms with Gasteiger partial charge in [-0.2, -0.15) is 9.97 Å². The van der Waals surface area contributed by atoms with Gasteiger partial charge in [0.15, 0.2) is 5.78 Å². The van der Waals surface area contributed by atoms with Gasteiger partial charge >= 0.3 is 6.01 Å². The predicted molar refractivity (Wildman–Crippen MR) is 89.9 cm³/mol. The molecule has 2 aliphatic carbocycles. The van der Waals surface area contributed by atoms with Crippen LogP contribution in [0, 0.1) is 18.4 Å². The van der Waals surface area contributed by atoms with Crippen molar-refractivity contribution in [1.82, 2.24) is 9.97 Å². The van der Waals surface area contributed by atoms with E-state index in [4.69, 9.17) is 16.0 Å². The maximum Gasteiger partial charge on any atom is 0.319 e. The van der Waals surface area contributed by atoms with Crippen molar-refractivity contribution in [3.05, 3.63) is 34.4 Å². The van der Waals surface area contributed by atoms with Gasteiger partial charge in [-0.3, -0.25) is 0 Å². The molecule has 3 atom stereocenters. The van der Waals surface area contributed by atoms with Gasteiger partial charge in [-0.15, -0.1) is 0 Å². The maximum absolute atomic E-state index is 12.3. The van der Waals surface area contributed by atoms with Gasteiger partial charge in [-0.1, -0.05) is 27.4 Å². The van der Waals surface area contributed by atoms with Crippen molar-refractivity contribution < 1.29 is 14.3 Å². The summed E-state index contributed by atoms with van der Waals surface area (Å²) in [4.78, 5) is 24.6. The summed E-state index contributed by atoms with van der Waals surface area (Å²) in [6, 6.07) is 0.241. The fourth-order valence-corrected chi connectivity index (χ4v) is 3.95. The molecule has 0 N–H and O–H groups in total. The lowest BCUT2D eigenvalue weighted by Gasteiger charge is -2.45. The van der Waals surface area contributed by atoms with Crippen LogP contribution in [0.1, 0.15) is 39.0 Å². The first-order valence-electron chi connectivity index (χ1n) is 7.60. The Kier molecular flexibility index (Phi) is 4.66. The lowest BCUT2D eigenvalue weighted by Crippen LogP contribution is -2.45. The highest BCUT2D eigenvalue weighted by atomic mass is 16.5. The van der Waals surface area contributed by atoms with E-state index in [1.54, 1.807) is 13.2 Å². The molecule has 128 valence electrons. The summed E-state index contributed by atoms with van der Waals surface area (Å²) >= 11 is 0. The standard InChI is InChI=1S/C17H19N3O3.CH4/c1-9-11-7-6-10-14(19-16(23-5)20-15(10)22-4)17(11,2)8-12(18-3)13(9)21;/h8-9,11H,6-7H2,1-2,4-5H3;1H4/t9-,11-,17-;/m0./s1. The number of nitrogens with zero attached hydrogens (tertiary/aromatic N) is 3. The number of rotatable bonds is 2. The minimum atomic E-state index is -0.496. The second-order valence-corrected chi connectivity index (χ2v) is 6.27. The van der Waals surface area contributed by atoms with Crippen LogP contribution >= 0.6 is 0 Å². The number of aromatic nitrogens is 2. The van der Waals surface area contributed by atoms with Crippen LogP contribution < -0.4 is 9.47 Å². The number of hydrogen-bond donors (Lipinski definition) is 0. The highest BCUT2D eigenvalue weighted by molar-refractivity contribution is 6.00. The minimum Gasteiger partial charge on any atom is -0.481 e. The Hall–Kier alpha value is -2.42. The summed E-state index contributed by atoms with van der Waals surface area (Å²) in [6.07, 6.45) is 3.36. The van der Waals surface area contributed by atoms with Gasteiger partial charge in [0.2, 0.25) is 11.6 Å². The molecular weight excluding hydrogens is 306 g/mol. The van der Waals surface area contributed by atoms with Crippen molar-refractivity contribution in [2.75, 3.05) is 14.2 Å². The van der Waals surface area contributed by atoms with E-state index < -0.39 is 5.41 Å². The van der Waals surface area contributed by atoms with Crippen molar-refractivity contribution in [2.45, 2.75) is 39.5 Å². The Labute approximate surface area is 142 Å². The van der Waals surface area contributed by atoms with E-state index in [1.165, 1.54) is 7.11 Å². The number of carbonyl (C=O) groups excluding carboxylic acids is 1. The van der Waals surface area contributed by atoms with Crippen molar-refractivity contribution >= 4 is 5.78 Å². The van der Waals surface area contributed by atoms with E-state index in [0.29, 0.717) is 5.88 Å². The van der Waals surface area contributed by atoms with Crippen LogP contribution in [0.4, 0.5) is 0 Å². The lowest BCUT2D eigenvalue weighted by molar-refractivity contribution is -0.121. The molecule has 24 heavy (non-hydrogen) atoms.